The quantitative estimate of drug-likeness (QED) is 0.536. The standard InChI is InChI=1S/C19H11BrClFN2O3S/c20-12-4-5-16(27-7-6-23)11(8-12)9-17-18(25)24(19(26)28-17)10-13-14(21)2-1-3-15(13)22/h1-5,8-9H,7,10H2/b17-9-. The van der Waals surface area contributed by atoms with Gasteiger partial charge in [-0.1, -0.05) is 33.6 Å². The number of thioether (sulfide) groups is 1. The maximum Gasteiger partial charge on any atom is 0.293 e. The first-order chi connectivity index (χ1) is 13.4. The molecule has 0 spiro atoms. The Morgan fingerprint density at radius 2 is 2.11 bits per heavy atom. The Morgan fingerprint density at radius 1 is 1.32 bits per heavy atom. The zero-order valence-corrected chi connectivity index (χ0v) is 17.3. The lowest BCUT2D eigenvalue weighted by Crippen LogP contribution is -2.28. The Labute approximate surface area is 177 Å². The first-order valence-electron chi connectivity index (χ1n) is 7.88. The number of amides is 2. The Morgan fingerprint density at radius 3 is 2.82 bits per heavy atom. The van der Waals surface area contributed by atoms with E-state index in [1.54, 1.807) is 18.2 Å². The van der Waals surface area contributed by atoms with Gasteiger partial charge in [-0.25, -0.2) is 4.39 Å². The second kappa shape index (κ2) is 8.78. The van der Waals surface area contributed by atoms with E-state index in [-0.39, 0.29) is 28.6 Å². The summed E-state index contributed by atoms with van der Waals surface area (Å²) >= 11 is 10.1. The summed E-state index contributed by atoms with van der Waals surface area (Å²) in [5.41, 5.74) is 0.604. The van der Waals surface area contributed by atoms with Crippen LogP contribution in [0.25, 0.3) is 6.08 Å². The van der Waals surface area contributed by atoms with Gasteiger partial charge in [0.1, 0.15) is 17.6 Å². The highest BCUT2D eigenvalue weighted by atomic mass is 79.9. The molecule has 9 heteroatoms. The minimum absolute atomic E-state index is 0.0771. The molecular formula is C19H11BrClFN2O3S. The predicted molar refractivity (Wildman–Crippen MR) is 108 cm³/mol. The van der Waals surface area contributed by atoms with Gasteiger partial charge in [-0.2, -0.15) is 5.26 Å². The van der Waals surface area contributed by atoms with Gasteiger partial charge < -0.3 is 4.74 Å². The Kier molecular flexibility index (Phi) is 6.39. The molecule has 142 valence electrons. The van der Waals surface area contributed by atoms with E-state index in [0.717, 1.165) is 21.1 Å². The van der Waals surface area contributed by atoms with Gasteiger partial charge in [0.25, 0.3) is 11.1 Å². The summed E-state index contributed by atoms with van der Waals surface area (Å²) < 4.78 is 20.1. The van der Waals surface area contributed by atoms with E-state index in [2.05, 4.69) is 15.9 Å². The summed E-state index contributed by atoms with van der Waals surface area (Å²) in [4.78, 5) is 26.1. The number of hydrogen-bond donors (Lipinski definition) is 0. The van der Waals surface area contributed by atoms with E-state index < -0.39 is 17.0 Å². The van der Waals surface area contributed by atoms with E-state index in [1.807, 2.05) is 6.07 Å². The molecule has 2 aromatic rings. The minimum Gasteiger partial charge on any atom is -0.478 e. The molecule has 1 aliphatic rings. The van der Waals surface area contributed by atoms with Gasteiger partial charge in [0, 0.05) is 20.6 Å². The fourth-order valence-electron chi connectivity index (χ4n) is 2.49. The van der Waals surface area contributed by atoms with Crippen LogP contribution in [-0.4, -0.2) is 22.7 Å². The Balaban J connectivity index is 1.90. The van der Waals surface area contributed by atoms with Crippen molar-refractivity contribution in [3.63, 3.8) is 0 Å². The number of rotatable bonds is 5. The largest absolute Gasteiger partial charge is 0.478 e. The highest BCUT2D eigenvalue weighted by Gasteiger charge is 2.36. The fraction of sp³-hybridized carbons (Fsp3) is 0.105. The van der Waals surface area contributed by atoms with E-state index in [1.165, 1.54) is 24.3 Å². The van der Waals surface area contributed by atoms with Gasteiger partial charge in [0.15, 0.2) is 6.61 Å². The van der Waals surface area contributed by atoms with Crippen molar-refractivity contribution in [1.29, 1.82) is 5.26 Å². The van der Waals surface area contributed by atoms with Gasteiger partial charge in [0.2, 0.25) is 0 Å². The molecule has 5 nitrogen and oxygen atoms in total. The SMILES string of the molecule is N#CCOc1ccc(Br)cc1/C=C1\SC(=O)N(Cc2c(F)cccc2Cl)C1=O. The Hall–Kier alpha value is -2.34. The van der Waals surface area contributed by atoms with Crippen molar-refractivity contribution < 1.29 is 18.7 Å². The average molecular weight is 482 g/mol. The van der Waals surface area contributed by atoms with Crippen molar-refractivity contribution in [3.05, 3.63) is 67.7 Å². The van der Waals surface area contributed by atoms with Crippen molar-refractivity contribution in [2.75, 3.05) is 6.61 Å². The predicted octanol–water partition coefficient (Wildman–Crippen LogP) is 5.38. The van der Waals surface area contributed by atoms with Crippen LogP contribution in [0, 0.1) is 17.1 Å². The maximum absolute atomic E-state index is 14.0. The third kappa shape index (κ3) is 4.38. The number of carbonyl (C=O) groups is 2. The van der Waals surface area contributed by atoms with E-state index >= 15 is 0 Å². The Bertz CT molecular complexity index is 1020. The van der Waals surface area contributed by atoms with E-state index in [9.17, 15) is 14.0 Å². The van der Waals surface area contributed by atoms with Crippen LogP contribution in [0.5, 0.6) is 5.75 Å². The minimum atomic E-state index is -0.588. The van der Waals surface area contributed by atoms with Gasteiger partial charge >= 0.3 is 0 Å². The normalized spacial score (nSPS) is 15.2. The monoisotopic (exact) mass is 480 g/mol. The zero-order chi connectivity index (χ0) is 20.3. The first kappa shape index (κ1) is 20.4. The second-order valence-electron chi connectivity index (χ2n) is 5.60. The number of hydrogen-bond acceptors (Lipinski definition) is 5. The molecule has 0 bridgehead atoms. The van der Waals surface area contributed by atoms with Crippen LogP contribution in [0.15, 0.2) is 45.8 Å². The lowest BCUT2D eigenvalue weighted by Gasteiger charge is -2.14. The number of benzene rings is 2. The molecule has 1 saturated heterocycles. The van der Waals surface area contributed by atoms with Crippen molar-refractivity contribution in [3.8, 4) is 11.8 Å². The van der Waals surface area contributed by atoms with Crippen LogP contribution < -0.4 is 4.74 Å². The molecule has 28 heavy (non-hydrogen) atoms. The summed E-state index contributed by atoms with van der Waals surface area (Å²) in [6.45, 7) is -0.417. The molecule has 1 heterocycles. The third-order valence-electron chi connectivity index (χ3n) is 3.80. The molecular weight excluding hydrogens is 471 g/mol. The molecule has 0 atom stereocenters. The molecule has 0 N–H and O–H groups in total. The summed E-state index contributed by atoms with van der Waals surface area (Å²) in [5.74, 6) is -0.746. The highest BCUT2D eigenvalue weighted by molar-refractivity contribution is 9.10. The number of imide groups is 1. The zero-order valence-electron chi connectivity index (χ0n) is 14.1. The molecule has 3 rings (SSSR count). The second-order valence-corrected chi connectivity index (χ2v) is 7.91. The first-order valence-corrected chi connectivity index (χ1v) is 9.87. The van der Waals surface area contributed by atoms with Crippen LogP contribution >= 0.6 is 39.3 Å². The molecule has 0 radical (unpaired) electrons. The molecule has 0 saturated carbocycles. The summed E-state index contributed by atoms with van der Waals surface area (Å²) in [5, 5.41) is 8.32. The van der Waals surface area contributed by atoms with Gasteiger partial charge in [0.05, 0.1) is 11.4 Å². The van der Waals surface area contributed by atoms with Gasteiger partial charge in [-0.3, -0.25) is 14.5 Å². The summed E-state index contributed by atoms with van der Waals surface area (Å²) in [6, 6.07) is 11.1. The topological polar surface area (TPSA) is 70.4 Å². The van der Waals surface area contributed by atoms with E-state index in [4.69, 9.17) is 21.6 Å². The van der Waals surface area contributed by atoms with Crippen molar-refractivity contribution in [2.24, 2.45) is 0 Å². The molecule has 2 amide bonds. The van der Waals surface area contributed by atoms with E-state index in [0.29, 0.717) is 11.3 Å². The molecule has 0 aliphatic carbocycles. The van der Waals surface area contributed by atoms with Crippen LogP contribution in [0.2, 0.25) is 5.02 Å². The van der Waals surface area contributed by atoms with Crippen molar-refractivity contribution >= 4 is 56.5 Å². The molecule has 2 aromatic carbocycles. The number of carbonyl (C=O) groups excluding carboxylic acids is 2. The van der Waals surface area contributed by atoms with Crippen LogP contribution in [0.4, 0.5) is 9.18 Å². The average Bonchev–Trinajstić information content (AvgIpc) is 2.91. The van der Waals surface area contributed by atoms with Crippen LogP contribution in [-0.2, 0) is 11.3 Å². The van der Waals surface area contributed by atoms with Gasteiger partial charge in [-0.15, -0.1) is 0 Å². The fourth-order valence-corrected chi connectivity index (χ4v) is 3.92. The highest BCUT2D eigenvalue weighted by Crippen LogP contribution is 2.36. The lowest BCUT2D eigenvalue weighted by atomic mass is 10.1. The maximum atomic E-state index is 14.0. The third-order valence-corrected chi connectivity index (χ3v) is 5.56. The molecule has 1 aliphatic heterocycles. The molecule has 1 fully saturated rings. The van der Waals surface area contributed by atoms with Crippen molar-refractivity contribution in [2.45, 2.75) is 6.54 Å². The number of ether oxygens (including phenoxy) is 1. The summed E-state index contributed by atoms with van der Waals surface area (Å²) in [6.07, 6.45) is 1.51. The number of nitrogens with zero attached hydrogens (tertiary/aromatic N) is 2. The van der Waals surface area contributed by atoms with Crippen LogP contribution in [0.1, 0.15) is 11.1 Å². The van der Waals surface area contributed by atoms with Gasteiger partial charge in [-0.05, 0) is 48.2 Å². The lowest BCUT2D eigenvalue weighted by molar-refractivity contribution is -0.123. The van der Waals surface area contributed by atoms with Crippen LogP contribution in [0.3, 0.4) is 0 Å². The molecule has 0 aromatic heterocycles. The number of halogens is 3. The molecule has 0 unspecified atom stereocenters. The number of nitriles is 1. The smallest absolute Gasteiger partial charge is 0.293 e. The van der Waals surface area contributed by atoms with Crippen molar-refractivity contribution in [1.82, 2.24) is 4.90 Å². The summed E-state index contributed by atoms with van der Waals surface area (Å²) in [7, 11) is 0.